The fraction of sp³-hybridized carbons (Fsp3) is 0.375. The van der Waals surface area contributed by atoms with E-state index in [0.717, 1.165) is 30.6 Å². The molecular weight excluding hydrogens is 262 g/mol. The first kappa shape index (κ1) is 15.3. The van der Waals surface area contributed by atoms with Gasteiger partial charge in [0.2, 0.25) is 0 Å². The minimum atomic E-state index is 0.224. The van der Waals surface area contributed by atoms with E-state index in [-0.39, 0.29) is 6.04 Å². The van der Waals surface area contributed by atoms with Crippen molar-refractivity contribution in [2.45, 2.75) is 39.2 Å². The lowest BCUT2D eigenvalue weighted by Gasteiger charge is -2.21. The first-order valence-corrected chi connectivity index (χ1v) is 7.42. The highest BCUT2D eigenvalue weighted by molar-refractivity contribution is 5.57. The summed E-state index contributed by atoms with van der Waals surface area (Å²) in [4.78, 5) is 8.60. The van der Waals surface area contributed by atoms with E-state index in [1.165, 1.54) is 11.9 Å². The first-order valence-electron chi connectivity index (χ1n) is 7.42. The zero-order chi connectivity index (χ0) is 15.1. The van der Waals surface area contributed by atoms with E-state index in [0.29, 0.717) is 5.82 Å². The van der Waals surface area contributed by atoms with Crippen LogP contribution in [0.3, 0.4) is 0 Å². The summed E-state index contributed by atoms with van der Waals surface area (Å²) < 4.78 is 0. The van der Waals surface area contributed by atoms with E-state index in [9.17, 15) is 0 Å². The largest absolute Gasteiger partial charge is 0.363 e. The molecule has 0 saturated carbocycles. The summed E-state index contributed by atoms with van der Waals surface area (Å²) in [6.45, 7) is 4.29. The maximum atomic E-state index is 5.56. The molecule has 0 fully saturated rings. The molecule has 1 aromatic carbocycles. The van der Waals surface area contributed by atoms with E-state index < -0.39 is 0 Å². The second-order valence-electron chi connectivity index (χ2n) is 4.96. The fourth-order valence-electron chi connectivity index (χ4n) is 2.42. The molecule has 0 amide bonds. The van der Waals surface area contributed by atoms with Crippen molar-refractivity contribution in [1.82, 2.24) is 9.97 Å². The van der Waals surface area contributed by atoms with Crippen LogP contribution in [-0.2, 0) is 6.42 Å². The van der Waals surface area contributed by atoms with Crippen LogP contribution in [0.1, 0.15) is 43.9 Å². The van der Waals surface area contributed by atoms with E-state index in [4.69, 9.17) is 5.84 Å². The van der Waals surface area contributed by atoms with Gasteiger partial charge in [-0.3, -0.25) is 0 Å². The van der Waals surface area contributed by atoms with Crippen molar-refractivity contribution >= 4 is 11.6 Å². The number of nitrogens with one attached hydrogen (secondary N) is 2. The van der Waals surface area contributed by atoms with Crippen LogP contribution in [-0.4, -0.2) is 9.97 Å². The third-order valence-corrected chi connectivity index (χ3v) is 3.50. The molecular formula is C16H23N5. The number of hydrogen-bond acceptors (Lipinski definition) is 5. The second kappa shape index (κ2) is 7.59. The molecule has 0 radical (unpaired) electrons. The SMILES string of the molecule is CCCc1c(NN)ncnc1NC(CC)c1ccccc1. The molecule has 1 heterocycles. The zero-order valence-corrected chi connectivity index (χ0v) is 12.6. The molecule has 2 rings (SSSR count). The monoisotopic (exact) mass is 285 g/mol. The number of nitrogens with two attached hydrogens (primary N) is 1. The number of aromatic nitrogens is 2. The van der Waals surface area contributed by atoms with Gasteiger partial charge in [-0.15, -0.1) is 0 Å². The van der Waals surface area contributed by atoms with Crippen LogP contribution >= 0.6 is 0 Å². The summed E-state index contributed by atoms with van der Waals surface area (Å²) in [5, 5.41) is 3.53. The minimum absolute atomic E-state index is 0.224. The molecule has 0 bridgehead atoms. The molecule has 2 aromatic rings. The topological polar surface area (TPSA) is 75.9 Å². The van der Waals surface area contributed by atoms with Gasteiger partial charge in [-0.2, -0.15) is 0 Å². The Morgan fingerprint density at radius 1 is 1.10 bits per heavy atom. The lowest BCUT2D eigenvalue weighted by molar-refractivity contribution is 0.739. The Morgan fingerprint density at radius 2 is 1.81 bits per heavy atom. The summed E-state index contributed by atoms with van der Waals surface area (Å²) in [7, 11) is 0. The Bertz CT molecular complexity index is 556. The third kappa shape index (κ3) is 3.70. The van der Waals surface area contributed by atoms with Gasteiger partial charge in [-0.25, -0.2) is 15.8 Å². The molecule has 1 atom stereocenters. The predicted molar refractivity (Wildman–Crippen MR) is 86.9 cm³/mol. The maximum absolute atomic E-state index is 5.56. The molecule has 5 heteroatoms. The predicted octanol–water partition coefficient (Wildman–Crippen LogP) is 3.28. The van der Waals surface area contributed by atoms with E-state index in [1.807, 2.05) is 6.07 Å². The van der Waals surface area contributed by atoms with Crippen LogP contribution < -0.4 is 16.6 Å². The highest BCUT2D eigenvalue weighted by atomic mass is 15.3. The summed E-state index contributed by atoms with van der Waals surface area (Å²) >= 11 is 0. The van der Waals surface area contributed by atoms with Crippen molar-refractivity contribution in [3.05, 3.63) is 47.8 Å². The highest BCUT2D eigenvalue weighted by Gasteiger charge is 2.14. The van der Waals surface area contributed by atoms with E-state index in [1.54, 1.807) is 0 Å². The van der Waals surface area contributed by atoms with Crippen molar-refractivity contribution in [3.63, 3.8) is 0 Å². The van der Waals surface area contributed by atoms with Crippen molar-refractivity contribution in [2.75, 3.05) is 10.7 Å². The zero-order valence-electron chi connectivity index (χ0n) is 12.6. The summed E-state index contributed by atoms with van der Waals surface area (Å²) in [6.07, 6.45) is 4.41. The first-order chi connectivity index (χ1) is 10.3. The average molecular weight is 285 g/mol. The van der Waals surface area contributed by atoms with Crippen LogP contribution in [0.2, 0.25) is 0 Å². The number of nitrogens with zero attached hydrogens (tertiary/aromatic N) is 2. The lowest BCUT2D eigenvalue weighted by Crippen LogP contribution is -2.16. The van der Waals surface area contributed by atoms with Crippen LogP contribution in [0.4, 0.5) is 11.6 Å². The van der Waals surface area contributed by atoms with Gasteiger partial charge in [-0.1, -0.05) is 50.6 Å². The average Bonchev–Trinajstić information content (AvgIpc) is 2.54. The molecule has 1 aromatic heterocycles. The fourth-order valence-corrected chi connectivity index (χ4v) is 2.42. The van der Waals surface area contributed by atoms with Crippen LogP contribution in [0.5, 0.6) is 0 Å². The second-order valence-corrected chi connectivity index (χ2v) is 4.96. The number of anilines is 2. The number of hydrazine groups is 1. The Kier molecular flexibility index (Phi) is 5.51. The van der Waals surface area contributed by atoms with Gasteiger partial charge in [0, 0.05) is 5.56 Å². The molecule has 112 valence electrons. The van der Waals surface area contributed by atoms with Gasteiger partial charge in [0.15, 0.2) is 0 Å². The summed E-state index contributed by atoms with van der Waals surface area (Å²) in [5.41, 5.74) is 4.95. The van der Waals surface area contributed by atoms with Gasteiger partial charge >= 0.3 is 0 Å². The molecule has 4 N–H and O–H groups in total. The Hall–Kier alpha value is -2.14. The normalized spacial score (nSPS) is 12.0. The van der Waals surface area contributed by atoms with Crippen molar-refractivity contribution in [2.24, 2.45) is 5.84 Å². The van der Waals surface area contributed by atoms with Crippen LogP contribution in [0, 0.1) is 0 Å². The van der Waals surface area contributed by atoms with Crippen molar-refractivity contribution in [3.8, 4) is 0 Å². The molecule has 5 nitrogen and oxygen atoms in total. The van der Waals surface area contributed by atoms with E-state index >= 15 is 0 Å². The summed E-state index contributed by atoms with van der Waals surface area (Å²) in [6, 6.07) is 10.6. The van der Waals surface area contributed by atoms with Crippen molar-refractivity contribution in [1.29, 1.82) is 0 Å². The molecule has 0 aliphatic carbocycles. The van der Waals surface area contributed by atoms with Crippen LogP contribution in [0.15, 0.2) is 36.7 Å². The number of hydrogen-bond donors (Lipinski definition) is 3. The Balaban J connectivity index is 2.29. The maximum Gasteiger partial charge on any atom is 0.148 e. The van der Waals surface area contributed by atoms with Gasteiger partial charge in [0.25, 0.3) is 0 Å². The molecule has 0 spiro atoms. The lowest BCUT2D eigenvalue weighted by atomic mass is 10.0. The molecule has 0 aliphatic rings. The Labute approximate surface area is 126 Å². The molecule has 0 saturated heterocycles. The smallest absolute Gasteiger partial charge is 0.148 e. The molecule has 0 aliphatic heterocycles. The quantitative estimate of drug-likeness (QED) is 0.537. The highest BCUT2D eigenvalue weighted by Crippen LogP contribution is 2.26. The van der Waals surface area contributed by atoms with Gasteiger partial charge in [0.1, 0.15) is 18.0 Å². The van der Waals surface area contributed by atoms with Crippen molar-refractivity contribution < 1.29 is 0 Å². The standard InChI is InChI=1S/C16H23N5/c1-3-8-13-15(18-11-19-16(13)21-17)20-14(4-2)12-9-6-5-7-10-12/h5-7,9-11,14H,3-4,8,17H2,1-2H3,(H2,18,19,20,21). The number of benzene rings is 1. The summed E-state index contributed by atoms with van der Waals surface area (Å²) in [5.74, 6) is 7.11. The van der Waals surface area contributed by atoms with Gasteiger partial charge in [0.05, 0.1) is 6.04 Å². The Morgan fingerprint density at radius 3 is 2.43 bits per heavy atom. The molecule has 1 unspecified atom stereocenters. The molecule has 21 heavy (non-hydrogen) atoms. The number of nitrogen functional groups attached to an aromatic ring is 1. The van der Waals surface area contributed by atoms with Gasteiger partial charge < -0.3 is 10.7 Å². The minimum Gasteiger partial charge on any atom is -0.363 e. The number of rotatable bonds is 7. The van der Waals surface area contributed by atoms with E-state index in [2.05, 4.69) is 58.8 Å². The third-order valence-electron chi connectivity index (χ3n) is 3.50. The van der Waals surface area contributed by atoms with Crippen LogP contribution in [0.25, 0.3) is 0 Å². The van der Waals surface area contributed by atoms with Gasteiger partial charge in [-0.05, 0) is 18.4 Å².